The third-order valence-electron chi connectivity index (χ3n) is 4.82. The molecule has 4 rings (SSSR count). The fourth-order valence-corrected chi connectivity index (χ4v) is 3.96. The topological polar surface area (TPSA) is 33.0 Å². The van der Waals surface area contributed by atoms with Crippen LogP contribution >= 0.6 is 27.5 Å². The highest BCUT2D eigenvalue weighted by Gasteiger charge is 2.10. The molecule has 0 fully saturated rings. The van der Waals surface area contributed by atoms with Crippen LogP contribution in [0.2, 0.25) is 5.02 Å². The summed E-state index contributed by atoms with van der Waals surface area (Å²) in [5, 5.41) is 12.6. The molecule has 146 valence electrons. The fourth-order valence-electron chi connectivity index (χ4n) is 3.34. The number of halogens is 2. The number of nitriles is 1. The highest BCUT2D eigenvalue weighted by molar-refractivity contribution is 9.10. The number of hydrogen-bond acceptors (Lipinski definition) is 2. The maximum Gasteiger partial charge on any atom is 0.127 e. The average molecular weight is 475 g/mol. The molecule has 0 unspecified atom stereocenters. The van der Waals surface area contributed by atoms with E-state index < -0.39 is 0 Å². The van der Waals surface area contributed by atoms with Crippen LogP contribution in [0.5, 0.6) is 5.75 Å². The van der Waals surface area contributed by atoms with Crippen LogP contribution in [0.15, 0.2) is 89.4 Å². The van der Waals surface area contributed by atoms with Gasteiger partial charge in [0.2, 0.25) is 0 Å². The van der Waals surface area contributed by atoms with E-state index in [1.807, 2.05) is 60.7 Å². The van der Waals surface area contributed by atoms with Gasteiger partial charge in [-0.2, -0.15) is 5.26 Å². The van der Waals surface area contributed by atoms with E-state index in [0.29, 0.717) is 28.5 Å². The zero-order valence-electron chi connectivity index (χ0n) is 16.0. The van der Waals surface area contributed by atoms with E-state index in [1.165, 1.54) is 10.8 Å². The lowest BCUT2D eigenvalue weighted by Crippen LogP contribution is -1.98. The summed E-state index contributed by atoms with van der Waals surface area (Å²) in [6, 6.07) is 29.8. The van der Waals surface area contributed by atoms with E-state index >= 15 is 0 Å². The van der Waals surface area contributed by atoms with Crippen molar-refractivity contribution in [1.29, 1.82) is 5.26 Å². The largest absolute Gasteiger partial charge is 0.488 e. The third-order valence-corrected chi connectivity index (χ3v) is 5.64. The molecule has 0 N–H and O–H groups in total. The van der Waals surface area contributed by atoms with Crippen LogP contribution in [0.3, 0.4) is 0 Å². The van der Waals surface area contributed by atoms with Gasteiger partial charge in [0, 0.05) is 20.6 Å². The van der Waals surface area contributed by atoms with Crippen LogP contribution in [-0.4, -0.2) is 0 Å². The van der Waals surface area contributed by atoms with E-state index in [1.54, 1.807) is 6.07 Å². The second kappa shape index (κ2) is 9.17. The Labute approximate surface area is 189 Å². The zero-order chi connectivity index (χ0) is 20.9. The summed E-state index contributed by atoms with van der Waals surface area (Å²) in [7, 11) is 0. The SMILES string of the molecule is N#CC(=Cc1cc(Br)ccc1OCc1cccc2ccccc12)c1ccccc1Cl. The number of benzene rings is 4. The molecule has 30 heavy (non-hydrogen) atoms. The highest BCUT2D eigenvalue weighted by Crippen LogP contribution is 2.31. The van der Waals surface area contributed by atoms with Crippen molar-refractivity contribution in [3.63, 3.8) is 0 Å². The summed E-state index contributed by atoms with van der Waals surface area (Å²) in [5.41, 5.74) is 3.09. The van der Waals surface area contributed by atoms with Crippen molar-refractivity contribution in [3.8, 4) is 11.8 Å². The fraction of sp³-hybridized carbons (Fsp3) is 0.0385. The monoisotopic (exact) mass is 473 g/mol. The van der Waals surface area contributed by atoms with Gasteiger partial charge < -0.3 is 4.74 Å². The molecule has 0 bridgehead atoms. The third kappa shape index (κ3) is 4.41. The molecule has 0 aliphatic rings. The molecule has 0 amide bonds. The summed E-state index contributed by atoms with van der Waals surface area (Å²) in [4.78, 5) is 0. The van der Waals surface area contributed by atoms with Crippen LogP contribution in [0, 0.1) is 11.3 Å². The van der Waals surface area contributed by atoms with Gasteiger partial charge in [-0.25, -0.2) is 0 Å². The Hall–Kier alpha value is -3.06. The van der Waals surface area contributed by atoms with Crippen molar-refractivity contribution in [2.24, 2.45) is 0 Å². The summed E-state index contributed by atoms with van der Waals surface area (Å²) in [6.07, 6.45) is 1.81. The van der Waals surface area contributed by atoms with Crippen molar-refractivity contribution in [1.82, 2.24) is 0 Å². The molecule has 0 spiro atoms. The molecule has 0 aromatic heterocycles. The van der Waals surface area contributed by atoms with Crippen LogP contribution in [0.25, 0.3) is 22.4 Å². The lowest BCUT2D eigenvalue weighted by atomic mass is 10.0. The zero-order valence-corrected chi connectivity index (χ0v) is 18.3. The summed E-state index contributed by atoms with van der Waals surface area (Å²) in [5.74, 6) is 0.700. The number of fused-ring (bicyclic) bond motifs is 1. The normalized spacial score (nSPS) is 11.3. The molecule has 4 aromatic carbocycles. The minimum atomic E-state index is 0.428. The molecule has 2 nitrogen and oxygen atoms in total. The first-order valence-electron chi connectivity index (χ1n) is 9.41. The van der Waals surface area contributed by atoms with Crippen molar-refractivity contribution < 1.29 is 4.74 Å². The molecule has 0 heterocycles. The van der Waals surface area contributed by atoms with Gasteiger partial charge in [0.1, 0.15) is 12.4 Å². The number of rotatable bonds is 5. The van der Waals surface area contributed by atoms with Gasteiger partial charge in [0.05, 0.1) is 11.6 Å². The quantitative estimate of drug-likeness (QED) is 0.217. The summed E-state index contributed by atoms with van der Waals surface area (Å²) >= 11 is 9.81. The van der Waals surface area contributed by atoms with E-state index in [2.05, 4.69) is 46.3 Å². The molecule has 0 aliphatic carbocycles. The maximum atomic E-state index is 9.72. The number of ether oxygens (including phenoxy) is 1. The minimum absolute atomic E-state index is 0.428. The Bertz CT molecular complexity index is 1280. The van der Waals surface area contributed by atoms with Crippen LogP contribution in [0.4, 0.5) is 0 Å². The van der Waals surface area contributed by atoms with Gasteiger partial charge in [-0.15, -0.1) is 0 Å². The van der Waals surface area contributed by atoms with Gasteiger partial charge in [-0.05, 0) is 46.7 Å². The van der Waals surface area contributed by atoms with Crippen molar-refractivity contribution in [2.75, 3.05) is 0 Å². The highest BCUT2D eigenvalue weighted by atomic mass is 79.9. The predicted octanol–water partition coefficient (Wildman–Crippen LogP) is 7.90. The second-order valence-corrected chi connectivity index (χ2v) is 8.08. The van der Waals surface area contributed by atoms with E-state index in [0.717, 1.165) is 15.6 Å². The number of hydrogen-bond donors (Lipinski definition) is 0. The molecule has 0 aliphatic heterocycles. The van der Waals surface area contributed by atoms with Crippen molar-refractivity contribution in [3.05, 3.63) is 111 Å². The Morgan fingerprint density at radius 3 is 2.57 bits per heavy atom. The summed E-state index contributed by atoms with van der Waals surface area (Å²) < 4.78 is 7.10. The Morgan fingerprint density at radius 2 is 1.73 bits per heavy atom. The average Bonchev–Trinajstić information content (AvgIpc) is 2.77. The van der Waals surface area contributed by atoms with Gasteiger partial charge in [-0.1, -0.05) is 88.2 Å². The summed E-state index contributed by atoms with van der Waals surface area (Å²) in [6.45, 7) is 0.428. The molecule has 0 saturated heterocycles. The van der Waals surface area contributed by atoms with Crippen LogP contribution in [-0.2, 0) is 6.61 Å². The van der Waals surface area contributed by atoms with E-state index in [4.69, 9.17) is 16.3 Å². The molecule has 4 heteroatoms. The lowest BCUT2D eigenvalue weighted by molar-refractivity contribution is 0.307. The molecule has 0 radical (unpaired) electrons. The van der Waals surface area contributed by atoms with E-state index in [-0.39, 0.29) is 0 Å². The second-order valence-electron chi connectivity index (χ2n) is 6.76. The molecule has 0 atom stereocenters. The van der Waals surface area contributed by atoms with E-state index in [9.17, 15) is 5.26 Å². The molecule has 4 aromatic rings. The first-order chi connectivity index (χ1) is 14.7. The number of nitrogens with zero attached hydrogens (tertiary/aromatic N) is 1. The van der Waals surface area contributed by atoms with Gasteiger partial charge in [-0.3, -0.25) is 0 Å². The Morgan fingerprint density at radius 1 is 0.967 bits per heavy atom. The Balaban J connectivity index is 1.69. The van der Waals surface area contributed by atoms with Gasteiger partial charge >= 0.3 is 0 Å². The number of allylic oxidation sites excluding steroid dienone is 1. The molecule has 0 saturated carbocycles. The van der Waals surface area contributed by atoms with Crippen LogP contribution in [0.1, 0.15) is 16.7 Å². The smallest absolute Gasteiger partial charge is 0.127 e. The van der Waals surface area contributed by atoms with Crippen molar-refractivity contribution in [2.45, 2.75) is 6.61 Å². The molecular formula is C26H17BrClNO. The van der Waals surface area contributed by atoms with Crippen molar-refractivity contribution >= 4 is 50.0 Å². The predicted molar refractivity (Wildman–Crippen MR) is 127 cm³/mol. The first kappa shape index (κ1) is 20.2. The minimum Gasteiger partial charge on any atom is -0.488 e. The lowest BCUT2D eigenvalue weighted by Gasteiger charge is -2.12. The standard InChI is InChI=1S/C26H17BrClNO/c27-22-12-13-26(30-17-19-8-5-7-18-6-1-2-9-23(18)19)20(15-22)14-21(16-29)24-10-3-4-11-25(24)28/h1-15H,17H2. The van der Waals surface area contributed by atoms with Gasteiger partial charge in [0.15, 0.2) is 0 Å². The maximum absolute atomic E-state index is 9.72. The molecular weight excluding hydrogens is 458 g/mol. The Kier molecular flexibility index (Phi) is 6.18. The van der Waals surface area contributed by atoms with Crippen LogP contribution < -0.4 is 4.74 Å². The first-order valence-corrected chi connectivity index (χ1v) is 10.6. The van der Waals surface area contributed by atoms with Gasteiger partial charge in [0.25, 0.3) is 0 Å².